The summed E-state index contributed by atoms with van der Waals surface area (Å²) >= 11 is 0. The van der Waals surface area contributed by atoms with Crippen molar-refractivity contribution in [3.8, 4) is 11.5 Å². The molecule has 1 aliphatic heterocycles. The zero-order valence-electron chi connectivity index (χ0n) is 15.5. The van der Waals surface area contributed by atoms with Crippen molar-refractivity contribution >= 4 is 11.9 Å². The van der Waals surface area contributed by atoms with E-state index >= 15 is 0 Å². The van der Waals surface area contributed by atoms with Crippen molar-refractivity contribution in [3.05, 3.63) is 23.3 Å². The van der Waals surface area contributed by atoms with Gasteiger partial charge in [-0.3, -0.25) is 9.79 Å². The molecule has 0 unspecified atom stereocenters. The van der Waals surface area contributed by atoms with Crippen LogP contribution < -0.4 is 20.1 Å². The Bertz CT molecular complexity index is 631. The van der Waals surface area contributed by atoms with E-state index < -0.39 is 0 Å². The number of carbonyl (C=O) groups excluding carboxylic acids is 1. The van der Waals surface area contributed by atoms with Crippen molar-refractivity contribution in [1.82, 2.24) is 15.5 Å². The lowest BCUT2D eigenvalue weighted by Crippen LogP contribution is -2.37. The van der Waals surface area contributed by atoms with Crippen LogP contribution in [0.15, 0.2) is 17.1 Å². The van der Waals surface area contributed by atoms with Crippen molar-refractivity contribution in [2.45, 2.75) is 25.8 Å². The summed E-state index contributed by atoms with van der Waals surface area (Å²) < 4.78 is 10.7. The molecule has 2 rings (SSSR count). The van der Waals surface area contributed by atoms with Crippen LogP contribution in [-0.2, 0) is 17.8 Å². The lowest BCUT2D eigenvalue weighted by atomic mass is 9.98. The number of nitrogens with zero attached hydrogens (tertiary/aromatic N) is 2. The van der Waals surface area contributed by atoms with Gasteiger partial charge in [-0.05, 0) is 36.1 Å². The summed E-state index contributed by atoms with van der Waals surface area (Å²) in [6.45, 7) is 2.09. The van der Waals surface area contributed by atoms with E-state index in [1.807, 2.05) is 24.1 Å². The van der Waals surface area contributed by atoms with Gasteiger partial charge in [0.15, 0.2) is 17.5 Å². The topological polar surface area (TPSA) is 75.2 Å². The van der Waals surface area contributed by atoms with Gasteiger partial charge in [-0.1, -0.05) is 0 Å². The minimum atomic E-state index is 0.182. The van der Waals surface area contributed by atoms with Crippen LogP contribution in [0.3, 0.4) is 0 Å². The molecule has 1 aromatic carbocycles. The van der Waals surface area contributed by atoms with Gasteiger partial charge in [0.25, 0.3) is 0 Å². The molecule has 25 heavy (non-hydrogen) atoms. The van der Waals surface area contributed by atoms with Crippen LogP contribution >= 0.6 is 0 Å². The highest BCUT2D eigenvalue weighted by Gasteiger charge is 2.22. The highest BCUT2D eigenvalue weighted by atomic mass is 16.5. The number of fused-ring (bicyclic) bond motifs is 1. The maximum atomic E-state index is 12.5. The van der Waals surface area contributed by atoms with Crippen LogP contribution in [0.4, 0.5) is 0 Å². The Morgan fingerprint density at radius 2 is 1.92 bits per heavy atom. The predicted molar refractivity (Wildman–Crippen MR) is 98.3 cm³/mol. The number of hydrogen-bond acceptors (Lipinski definition) is 4. The molecule has 0 aromatic heterocycles. The minimum Gasteiger partial charge on any atom is -0.493 e. The lowest BCUT2D eigenvalue weighted by Gasteiger charge is -2.29. The average Bonchev–Trinajstić information content (AvgIpc) is 2.66. The van der Waals surface area contributed by atoms with E-state index in [2.05, 4.69) is 15.6 Å². The Hall–Kier alpha value is -2.44. The van der Waals surface area contributed by atoms with Gasteiger partial charge < -0.3 is 25.0 Å². The smallest absolute Gasteiger partial charge is 0.222 e. The van der Waals surface area contributed by atoms with Gasteiger partial charge in [-0.25, -0.2) is 0 Å². The Morgan fingerprint density at radius 1 is 1.24 bits per heavy atom. The maximum absolute atomic E-state index is 12.5. The van der Waals surface area contributed by atoms with Gasteiger partial charge in [0.05, 0.1) is 14.2 Å². The van der Waals surface area contributed by atoms with Gasteiger partial charge in [0.1, 0.15) is 0 Å². The Labute approximate surface area is 149 Å². The molecule has 2 N–H and O–H groups in total. The highest BCUT2D eigenvalue weighted by molar-refractivity contribution is 5.79. The maximum Gasteiger partial charge on any atom is 0.222 e. The fourth-order valence-electron chi connectivity index (χ4n) is 2.98. The second-order valence-corrected chi connectivity index (χ2v) is 5.89. The average molecular weight is 348 g/mol. The minimum absolute atomic E-state index is 0.182. The molecule has 1 aromatic rings. The molecular formula is C18H28N4O3. The molecule has 1 amide bonds. The molecule has 0 aliphatic carbocycles. The summed E-state index contributed by atoms with van der Waals surface area (Å²) in [7, 11) is 6.80. The van der Waals surface area contributed by atoms with Gasteiger partial charge >= 0.3 is 0 Å². The van der Waals surface area contributed by atoms with Crippen molar-refractivity contribution in [2.75, 3.05) is 41.4 Å². The van der Waals surface area contributed by atoms with Gasteiger partial charge in [0.2, 0.25) is 5.91 Å². The molecule has 0 spiro atoms. The molecule has 0 saturated heterocycles. The first-order valence-corrected chi connectivity index (χ1v) is 8.52. The van der Waals surface area contributed by atoms with Crippen LogP contribution in [0.25, 0.3) is 0 Å². The van der Waals surface area contributed by atoms with Crippen molar-refractivity contribution in [1.29, 1.82) is 0 Å². The van der Waals surface area contributed by atoms with Crippen LogP contribution in [0, 0.1) is 0 Å². The van der Waals surface area contributed by atoms with E-state index in [0.717, 1.165) is 36.7 Å². The fourth-order valence-corrected chi connectivity index (χ4v) is 2.98. The molecule has 0 bridgehead atoms. The van der Waals surface area contributed by atoms with Gasteiger partial charge in [-0.2, -0.15) is 0 Å². The molecule has 0 atom stereocenters. The Balaban J connectivity index is 1.90. The third kappa shape index (κ3) is 4.78. The number of guanidine groups is 1. The number of carbonyl (C=O) groups is 1. The molecule has 7 heteroatoms. The second-order valence-electron chi connectivity index (χ2n) is 5.89. The summed E-state index contributed by atoms with van der Waals surface area (Å²) in [4.78, 5) is 18.4. The van der Waals surface area contributed by atoms with E-state index in [1.165, 1.54) is 5.56 Å². The van der Waals surface area contributed by atoms with Crippen LogP contribution in [-0.4, -0.2) is 58.2 Å². The van der Waals surface area contributed by atoms with Crippen LogP contribution in [0.2, 0.25) is 0 Å². The van der Waals surface area contributed by atoms with E-state index in [9.17, 15) is 4.79 Å². The Morgan fingerprint density at radius 3 is 2.52 bits per heavy atom. The van der Waals surface area contributed by atoms with E-state index in [1.54, 1.807) is 21.3 Å². The summed E-state index contributed by atoms with van der Waals surface area (Å²) in [5.41, 5.74) is 2.35. The quantitative estimate of drug-likeness (QED) is 0.458. The largest absolute Gasteiger partial charge is 0.493 e. The molecule has 0 radical (unpaired) electrons. The number of aliphatic imine (C=N–C) groups is 1. The second kappa shape index (κ2) is 9.15. The molecule has 7 nitrogen and oxygen atoms in total. The van der Waals surface area contributed by atoms with E-state index in [4.69, 9.17) is 9.47 Å². The zero-order valence-corrected chi connectivity index (χ0v) is 15.5. The third-order valence-electron chi connectivity index (χ3n) is 4.39. The predicted octanol–water partition coefficient (Wildman–Crippen LogP) is 1.16. The SMILES string of the molecule is CN=C(NC)NCCCC(=O)N1CCc2cc(OC)c(OC)cc2C1. The number of methoxy groups -OCH3 is 2. The zero-order chi connectivity index (χ0) is 18.2. The molecule has 0 fully saturated rings. The summed E-state index contributed by atoms with van der Waals surface area (Å²) in [6.07, 6.45) is 2.14. The molecule has 1 heterocycles. The highest BCUT2D eigenvalue weighted by Crippen LogP contribution is 2.33. The standard InChI is InChI=1S/C18H28N4O3/c1-19-18(20-2)21-8-5-6-17(23)22-9-7-13-10-15(24-3)16(25-4)11-14(13)12-22/h10-11H,5-9,12H2,1-4H3,(H2,19,20,21). The first-order valence-electron chi connectivity index (χ1n) is 8.52. The van der Waals surface area contributed by atoms with Crippen LogP contribution in [0.5, 0.6) is 11.5 Å². The lowest BCUT2D eigenvalue weighted by molar-refractivity contribution is -0.132. The summed E-state index contributed by atoms with van der Waals surface area (Å²) in [5, 5.41) is 6.11. The van der Waals surface area contributed by atoms with E-state index in [-0.39, 0.29) is 5.91 Å². The monoisotopic (exact) mass is 348 g/mol. The Kier molecular flexibility index (Phi) is 6.91. The van der Waals surface area contributed by atoms with Gasteiger partial charge in [0, 0.05) is 40.2 Å². The number of rotatable bonds is 6. The summed E-state index contributed by atoms with van der Waals surface area (Å²) in [5.74, 6) is 2.37. The van der Waals surface area contributed by atoms with Crippen molar-refractivity contribution < 1.29 is 14.3 Å². The molecular weight excluding hydrogens is 320 g/mol. The summed E-state index contributed by atoms with van der Waals surface area (Å²) in [6, 6.07) is 4.00. The number of nitrogens with one attached hydrogen (secondary N) is 2. The third-order valence-corrected chi connectivity index (χ3v) is 4.39. The fraction of sp³-hybridized carbons (Fsp3) is 0.556. The first kappa shape index (κ1) is 18.9. The first-order chi connectivity index (χ1) is 12.1. The molecule has 1 aliphatic rings. The van der Waals surface area contributed by atoms with Crippen molar-refractivity contribution in [2.24, 2.45) is 4.99 Å². The van der Waals surface area contributed by atoms with Crippen molar-refractivity contribution in [3.63, 3.8) is 0 Å². The normalized spacial score (nSPS) is 13.9. The van der Waals surface area contributed by atoms with E-state index in [0.29, 0.717) is 25.3 Å². The number of amides is 1. The molecule has 138 valence electrons. The van der Waals surface area contributed by atoms with Crippen LogP contribution in [0.1, 0.15) is 24.0 Å². The molecule has 0 saturated carbocycles. The number of hydrogen-bond donors (Lipinski definition) is 2. The number of benzene rings is 1. The van der Waals surface area contributed by atoms with Gasteiger partial charge in [-0.15, -0.1) is 0 Å². The number of ether oxygens (including phenoxy) is 2.